The molecule has 140 valence electrons. The number of fused-ring (bicyclic) bond motifs is 1. The molecule has 0 spiro atoms. The van der Waals surface area contributed by atoms with Gasteiger partial charge in [0.05, 0.1) is 17.2 Å². The molecule has 0 atom stereocenters. The Morgan fingerprint density at radius 2 is 1.67 bits per heavy atom. The standard InChI is InChI=1S/C20H18BrNO4S/c1-2-26-20(23)14-22(18-10-8-17(21)9-11-18)27(24,25)19-12-7-15-5-3-4-6-16(15)13-19/h3-13H,2,14H2,1H3. The summed E-state index contributed by atoms with van der Waals surface area (Å²) in [4.78, 5) is 12.2. The van der Waals surface area contributed by atoms with Gasteiger partial charge in [-0.05, 0) is 54.1 Å². The number of anilines is 1. The van der Waals surface area contributed by atoms with Crippen molar-refractivity contribution in [1.29, 1.82) is 0 Å². The highest BCUT2D eigenvalue weighted by atomic mass is 79.9. The summed E-state index contributed by atoms with van der Waals surface area (Å²) in [5.41, 5.74) is 0.388. The lowest BCUT2D eigenvalue weighted by Crippen LogP contribution is -2.36. The molecule has 27 heavy (non-hydrogen) atoms. The van der Waals surface area contributed by atoms with E-state index in [0.29, 0.717) is 5.69 Å². The van der Waals surface area contributed by atoms with Crippen LogP contribution in [-0.4, -0.2) is 27.5 Å². The second kappa shape index (κ2) is 8.10. The molecule has 7 heteroatoms. The van der Waals surface area contributed by atoms with Crippen LogP contribution in [0.5, 0.6) is 0 Å². The molecule has 5 nitrogen and oxygen atoms in total. The van der Waals surface area contributed by atoms with Crippen molar-refractivity contribution in [3.05, 3.63) is 71.2 Å². The Balaban J connectivity index is 2.07. The molecule has 0 bridgehead atoms. The fourth-order valence-electron chi connectivity index (χ4n) is 2.70. The average molecular weight is 448 g/mol. The van der Waals surface area contributed by atoms with Crippen molar-refractivity contribution in [2.24, 2.45) is 0 Å². The molecule has 0 saturated heterocycles. The van der Waals surface area contributed by atoms with Gasteiger partial charge in [0.1, 0.15) is 6.54 Å². The molecular weight excluding hydrogens is 430 g/mol. The molecule has 0 heterocycles. The maximum atomic E-state index is 13.3. The highest BCUT2D eigenvalue weighted by Gasteiger charge is 2.28. The Labute approximate surface area is 166 Å². The predicted molar refractivity (Wildman–Crippen MR) is 109 cm³/mol. The van der Waals surface area contributed by atoms with E-state index in [1.54, 1.807) is 49.4 Å². The van der Waals surface area contributed by atoms with Gasteiger partial charge in [-0.1, -0.05) is 46.3 Å². The minimum absolute atomic E-state index is 0.119. The quantitative estimate of drug-likeness (QED) is 0.526. The molecule has 0 aliphatic carbocycles. The molecule has 0 N–H and O–H groups in total. The van der Waals surface area contributed by atoms with Crippen LogP contribution in [0.1, 0.15) is 6.92 Å². The monoisotopic (exact) mass is 447 g/mol. The zero-order chi connectivity index (χ0) is 19.4. The van der Waals surface area contributed by atoms with E-state index in [1.807, 2.05) is 24.3 Å². The minimum atomic E-state index is -3.95. The van der Waals surface area contributed by atoms with Gasteiger partial charge in [-0.15, -0.1) is 0 Å². The Bertz CT molecular complexity index is 1060. The van der Waals surface area contributed by atoms with Crippen molar-refractivity contribution in [1.82, 2.24) is 0 Å². The zero-order valence-electron chi connectivity index (χ0n) is 14.6. The van der Waals surface area contributed by atoms with Crippen LogP contribution < -0.4 is 4.31 Å². The van der Waals surface area contributed by atoms with Crippen molar-refractivity contribution in [3.8, 4) is 0 Å². The first-order valence-corrected chi connectivity index (χ1v) is 10.6. The van der Waals surface area contributed by atoms with Gasteiger partial charge in [0.2, 0.25) is 0 Å². The van der Waals surface area contributed by atoms with E-state index < -0.39 is 22.5 Å². The molecule has 0 saturated carbocycles. The van der Waals surface area contributed by atoms with Crippen LogP contribution in [0.2, 0.25) is 0 Å². The minimum Gasteiger partial charge on any atom is -0.465 e. The predicted octanol–water partition coefficient (Wildman–Crippen LogP) is 4.36. The number of rotatable bonds is 6. The highest BCUT2D eigenvalue weighted by Crippen LogP contribution is 2.27. The molecule has 0 radical (unpaired) electrons. The first-order valence-electron chi connectivity index (χ1n) is 8.34. The number of halogens is 1. The number of hydrogen-bond donors (Lipinski definition) is 0. The first kappa shape index (κ1) is 19.4. The van der Waals surface area contributed by atoms with Crippen molar-refractivity contribution in [3.63, 3.8) is 0 Å². The largest absolute Gasteiger partial charge is 0.465 e. The van der Waals surface area contributed by atoms with Crippen LogP contribution in [0, 0.1) is 0 Å². The molecule has 3 aromatic carbocycles. The normalized spacial score (nSPS) is 11.3. The summed E-state index contributed by atoms with van der Waals surface area (Å²) >= 11 is 3.33. The number of esters is 1. The molecule has 3 rings (SSSR count). The van der Waals surface area contributed by atoms with E-state index in [-0.39, 0.29) is 11.5 Å². The first-order chi connectivity index (χ1) is 12.9. The number of benzene rings is 3. The van der Waals surface area contributed by atoms with E-state index in [1.165, 1.54) is 0 Å². The third-order valence-corrected chi connectivity index (χ3v) is 6.30. The average Bonchev–Trinajstić information content (AvgIpc) is 2.66. The maximum Gasteiger partial charge on any atom is 0.326 e. The Morgan fingerprint density at radius 1 is 1.00 bits per heavy atom. The lowest BCUT2D eigenvalue weighted by Gasteiger charge is -2.24. The van der Waals surface area contributed by atoms with Gasteiger partial charge >= 0.3 is 5.97 Å². The van der Waals surface area contributed by atoms with E-state index >= 15 is 0 Å². The summed E-state index contributed by atoms with van der Waals surface area (Å²) in [6.45, 7) is 1.47. The van der Waals surface area contributed by atoms with E-state index in [0.717, 1.165) is 19.6 Å². The van der Waals surface area contributed by atoms with Crippen molar-refractivity contribution in [2.75, 3.05) is 17.5 Å². The van der Waals surface area contributed by atoms with Gasteiger partial charge in [0.15, 0.2) is 0 Å². The smallest absolute Gasteiger partial charge is 0.326 e. The molecule has 0 amide bonds. The van der Waals surface area contributed by atoms with Crippen LogP contribution in [0.15, 0.2) is 76.1 Å². The van der Waals surface area contributed by atoms with Gasteiger partial charge in [-0.25, -0.2) is 8.42 Å². The Hall–Kier alpha value is -2.38. The molecular formula is C20H18BrNO4S. The SMILES string of the molecule is CCOC(=O)CN(c1ccc(Br)cc1)S(=O)(=O)c1ccc2ccccc2c1. The number of carbonyl (C=O) groups excluding carboxylic acids is 1. The van der Waals surface area contributed by atoms with Gasteiger partial charge in [-0.3, -0.25) is 9.10 Å². The molecule has 3 aromatic rings. The van der Waals surface area contributed by atoms with Gasteiger partial charge in [0.25, 0.3) is 10.0 Å². The summed E-state index contributed by atoms with van der Waals surface area (Å²) in [6.07, 6.45) is 0. The lowest BCUT2D eigenvalue weighted by atomic mass is 10.1. The van der Waals surface area contributed by atoms with Crippen LogP contribution in [0.3, 0.4) is 0 Å². The fourth-order valence-corrected chi connectivity index (χ4v) is 4.41. The number of carbonyl (C=O) groups is 1. The summed E-state index contributed by atoms with van der Waals surface area (Å²) in [7, 11) is -3.95. The van der Waals surface area contributed by atoms with Gasteiger partial charge < -0.3 is 4.74 Å². The van der Waals surface area contributed by atoms with Crippen LogP contribution in [0.25, 0.3) is 10.8 Å². The van der Waals surface area contributed by atoms with E-state index in [2.05, 4.69) is 15.9 Å². The summed E-state index contributed by atoms with van der Waals surface area (Å²) in [5.74, 6) is -0.607. The third-order valence-electron chi connectivity index (χ3n) is 4.00. The molecule has 0 fully saturated rings. The molecule has 0 aliphatic rings. The second-order valence-corrected chi connectivity index (χ2v) is 8.58. The number of nitrogens with zero attached hydrogens (tertiary/aromatic N) is 1. The molecule has 0 aliphatic heterocycles. The molecule has 0 unspecified atom stereocenters. The van der Waals surface area contributed by atoms with E-state index in [4.69, 9.17) is 4.74 Å². The highest BCUT2D eigenvalue weighted by molar-refractivity contribution is 9.10. The lowest BCUT2D eigenvalue weighted by molar-refractivity contribution is -0.141. The van der Waals surface area contributed by atoms with E-state index in [9.17, 15) is 13.2 Å². The number of sulfonamides is 1. The zero-order valence-corrected chi connectivity index (χ0v) is 17.0. The maximum absolute atomic E-state index is 13.3. The summed E-state index contributed by atoms with van der Waals surface area (Å²) < 4.78 is 33.5. The van der Waals surface area contributed by atoms with Crippen molar-refractivity contribution < 1.29 is 17.9 Å². The van der Waals surface area contributed by atoms with Gasteiger partial charge in [-0.2, -0.15) is 0 Å². The fraction of sp³-hybridized carbons (Fsp3) is 0.150. The number of hydrogen-bond acceptors (Lipinski definition) is 4. The Morgan fingerprint density at radius 3 is 2.33 bits per heavy atom. The third kappa shape index (κ3) is 4.31. The second-order valence-electron chi connectivity index (χ2n) is 5.80. The molecule has 0 aromatic heterocycles. The topological polar surface area (TPSA) is 63.7 Å². The van der Waals surface area contributed by atoms with Crippen LogP contribution in [-0.2, 0) is 19.6 Å². The van der Waals surface area contributed by atoms with Gasteiger partial charge in [0, 0.05) is 4.47 Å². The van der Waals surface area contributed by atoms with Crippen molar-refractivity contribution >= 4 is 48.4 Å². The van der Waals surface area contributed by atoms with Crippen LogP contribution in [0.4, 0.5) is 5.69 Å². The summed E-state index contributed by atoms with van der Waals surface area (Å²) in [6, 6.07) is 19.2. The van der Waals surface area contributed by atoms with Crippen molar-refractivity contribution in [2.45, 2.75) is 11.8 Å². The number of ether oxygens (including phenoxy) is 1. The van der Waals surface area contributed by atoms with Crippen LogP contribution >= 0.6 is 15.9 Å². The summed E-state index contributed by atoms with van der Waals surface area (Å²) in [5, 5.41) is 1.75. The Kier molecular flexibility index (Phi) is 5.82.